The number of esters is 4. The van der Waals surface area contributed by atoms with Crippen molar-refractivity contribution in [3.05, 3.63) is 0 Å². The first kappa shape index (κ1) is 81.1. The van der Waals surface area contributed by atoms with E-state index in [0.717, 1.165) is 114 Å². The van der Waals surface area contributed by atoms with Crippen LogP contribution in [0.3, 0.4) is 0 Å². The molecule has 0 aliphatic carbocycles. The molecule has 0 aromatic heterocycles. The molecule has 0 heterocycles. The van der Waals surface area contributed by atoms with Crippen LogP contribution in [-0.4, -0.2) is 96.7 Å². The zero-order valence-corrected chi connectivity index (χ0v) is 55.6. The Balaban J connectivity index is 5.25. The highest BCUT2D eigenvalue weighted by molar-refractivity contribution is 7.47. The molecule has 0 saturated carbocycles. The van der Waals surface area contributed by atoms with Gasteiger partial charge in [-0.25, -0.2) is 9.13 Å². The van der Waals surface area contributed by atoms with Crippen molar-refractivity contribution in [2.45, 2.75) is 324 Å². The third-order valence-electron chi connectivity index (χ3n) is 14.9. The molecule has 0 rings (SSSR count). The Bertz CT molecular complexity index is 1660. The lowest BCUT2D eigenvalue weighted by molar-refractivity contribution is -0.161. The lowest BCUT2D eigenvalue weighted by atomic mass is 10.00. The Morgan fingerprint density at radius 2 is 0.578 bits per heavy atom. The molecule has 19 heteroatoms. The molecule has 492 valence electrons. The molecule has 3 unspecified atom stereocenters. The zero-order chi connectivity index (χ0) is 61.8. The Morgan fingerprint density at radius 1 is 0.337 bits per heavy atom. The van der Waals surface area contributed by atoms with Crippen molar-refractivity contribution in [2.75, 3.05) is 39.6 Å². The molecule has 3 N–H and O–H groups in total. The van der Waals surface area contributed by atoms with Crippen LogP contribution in [0.15, 0.2) is 0 Å². The van der Waals surface area contributed by atoms with Gasteiger partial charge in [0.2, 0.25) is 0 Å². The molecule has 0 spiro atoms. The summed E-state index contributed by atoms with van der Waals surface area (Å²) in [5.41, 5.74) is 0. The van der Waals surface area contributed by atoms with Crippen LogP contribution in [0.25, 0.3) is 0 Å². The first-order valence-corrected chi connectivity index (χ1v) is 36.2. The van der Waals surface area contributed by atoms with Gasteiger partial charge in [0, 0.05) is 25.7 Å². The summed E-state index contributed by atoms with van der Waals surface area (Å²) < 4.78 is 68.0. The van der Waals surface area contributed by atoms with E-state index < -0.39 is 97.5 Å². The highest BCUT2D eigenvalue weighted by Gasteiger charge is 2.30. The van der Waals surface area contributed by atoms with E-state index in [1.54, 1.807) is 0 Å². The lowest BCUT2D eigenvalue weighted by Gasteiger charge is -2.21. The van der Waals surface area contributed by atoms with Crippen LogP contribution in [-0.2, 0) is 65.4 Å². The van der Waals surface area contributed by atoms with E-state index in [1.165, 1.54) is 103 Å². The van der Waals surface area contributed by atoms with Crippen molar-refractivity contribution < 1.29 is 80.2 Å². The monoisotopic (exact) mass is 1230 g/mol. The third-order valence-corrected chi connectivity index (χ3v) is 16.8. The molecule has 0 amide bonds. The number of carbonyl (C=O) groups is 4. The largest absolute Gasteiger partial charge is 0.472 e. The summed E-state index contributed by atoms with van der Waals surface area (Å²) in [6, 6.07) is 0. The van der Waals surface area contributed by atoms with Crippen LogP contribution in [0, 0.1) is 23.7 Å². The average molecular weight is 1230 g/mol. The molecule has 17 nitrogen and oxygen atoms in total. The minimum absolute atomic E-state index is 0.101. The van der Waals surface area contributed by atoms with Gasteiger partial charge >= 0.3 is 39.5 Å². The molecule has 0 aliphatic heterocycles. The lowest BCUT2D eigenvalue weighted by Crippen LogP contribution is -2.30. The van der Waals surface area contributed by atoms with Gasteiger partial charge in [-0.2, -0.15) is 0 Å². The smallest absolute Gasteiger partial charge is 0.462 e. The van der Waals surface area contributed by atoms with Crippen LogP contribution in [0.2, 0.25) is 0 Å². The topological polar surface area (TPSA) is 237 Å². The Hall–Kier alpha value is -1.94. The van der Waals surface area contributed by atoms with Gasteiger partial charge < -0.3 is 33.8 Å². The Morgan fingerprint density at radius 3 is 0.855 bits per heavy atom. The molecular weight excluding hydrogens is 1100 g/mol. The van der Waals surface area contributed by atoms with E-state index in [1.807, 2.05) is 0 Å². The van der Waals surface area contributed by atoms with Crippen molar-refractivity contribution in [2.24, 2.45) is 23.7 Å². The second-order valence-corrected chi connectivity index (χ2v) is 27.7. The molecule has 0 aromatic rings. The standard InChI is InChI=1S/C64H124O17P2/c1-9-57(8)43-35-27-21-23-31-39-47-64(69)81-60(51-75-62(67)45-37-29-22-20-26-34-42-56(6)7)53-79-83(72,73)77-49-58(65)48-76-82(70,71)78-52-59(80-63(68)46-38-30-19-15-14-17-25-33-41-55(4)5)50-74-61(66)44-36-28-18-13-11-10-12-16-24-32-40-54(2)3/h54-60,65H,9-53H2,1-8H3,(H,70,71)(H,72,73)/t57?,58-,59-,60-/m1/s1. The van der Waals surface area contributed by atoms with Crippen molar-refractivity contribution in [3.63, 3.8) is 0 Å². The SMILES string of the molecule is CCC(C)CCCCCCCCC(=O)O[C@H](COC(=O)CCCCCCCCC(C)C)COP(=O)(O)OC[C@H](O)COP(=O)(O)OC[C@@H](COC(=O)CCCCCCCCCCCCC(C)C)OC(=O)CCCCCCCCCCC(C)C. The van der Waals surface area contributed by atoms with Gasteiger partial charge in [0.15, 0.2) is 12.2 Å². The number of rotatable bonds is 61. The molecule has 0 bridgehead atoms. The molecule has 83 heavy (non-hydrogen) atoms. The van der Waals surface area contributed by atoms with Gasteiger partial charge in [-0.1, -0.05) is 254 Å². The highest BCUT2D eigenvalue weighted by Crippen LogP contribution is 2.45. The molecule has 6 atom stereocenters. The number of hydrogen-bond donors (Lipinski definition) is 3. The second-order valence-electron chi connectivity index (χ2n) is 24.8. The number of hydrogen-bond acceptors (Lipinski definition) is 15. The van der Waals surface area contributed by atoms with Crippen LogP contribution in [0.5, 0.6) is 0 Å². The predicted molar refractivity (Wildman–Crippen MR) is 331 cm³/mol. The predicted octanol–water partition coefficient (Wildman–Crippen LogP) is 17.4. The maximum absolute atomic E-state index is 13.0. The van der Waals surface area contributed by atoms with Gasteiger partial charge in [-0.3, -0.25) is 37.3 Å². The number of aliphatic hydroxyl groups excluding tert-OH is 1. The number of carbonyl (C=O) groups excluding carboxylic acids is 4. The quantitative estimate of drug-likeness (QED) is 0.0222. The van der Waals surface area contributed by atoms with E-state index in [2.05, 4.69) is 55.4 Å². The maximum atomic E-state index is 13.0. The molecule has 0 saturated heterocycles. The first-order chi connectivity index (χ1) is 39.6. The summed E-state index contributed by atoms with van der Waals surface area (Å²) in [7, 11) is -9.89. The van der Waals surface area contributed by atoms with E-state index in [0.29, 0.717) is 31.6 Å². The fourth-order valence-corrected chi connectivity index (χ4v) is 11.0. The van der Waals surface area contributed by atoms with Crippen molar-refractivity contribution in [1.29, 1.82) is 0 Å². The van der Waals surface area contributed by atoms with E-state index in [9.17, 15) is 43.2 Å². The number of unbranched alkanes of at least 4 members (excludes halogenated alkanes) is 26. The minimum Gasteiger partial charge on any atom is -0.462 e. The summed E-state index contributed by atoms with van der Waals surface area (Å²) in [4.78, 5) is 72.2. The van der Waals surface area contributed by atoms with Crippen LogP contribution >= 0.6 is 15.6 Å². The summed E-state index contributed by atoms with van der Waals surface area (Å²) >= 11 is 0. The maximum Gasteiger partial charge on any atom is 0.472 e. The highest BCUT2D eigenvalue weighted by atomic mass is 31.2. The summed E-state index contributed by atoms with van der Waals surface area (Å²) in [6.45, 7) is 13.9. The van der Waals surface area contributed by atoms with E-state index in [-0.39, 0.29) is 25.7 Å². The van der Waals surface area contributed by atoms with Gasteiger partial charge in [-0.15, -0.1) is 0 Å². The van der Waals surface area contributed by atoms with E-state index >= 15 is 0 Å². The normalized spacial score (nSPS) is 14.8. The number of phosphoric acid groups is 2. The average Bonchev–Trinajstić information content (AvgIpc) is 3.43. The summed E-state index contributed by atoms with van der Waals surface area (Å²) in [5, 5.41) is 10.5. The molecule has 0 fully saturated rings. The van der Waals surface area contributed by atoms with Gasteiger partial charge in [0.25, 0.3) is 0 Å². The Labute approximate surface area is 505 Å². The fraction of sp³-hybridized carbons (Fsp3) is 0.938. The third kappa shape index (κ3) is 57.6. The van der Waals surface area contributed by atoms with Crippen molar-refractivity contribution >= 4 is 39.5 Å². The van der Waals surface area contributed by atoms with Gasteiger partial charge in [0.1, 0.15) is 19.3 Å². The van der Waals surface area contributed by atoms with Crippen LogP contribution in [0.4, 0.5) is 0 Å². The van der Waals surface area contributed by atoms with Crippen molar-refractivity contribution in [1.82, 2.24) is 0 Å². The molecular formula is C64H124O17P2. The summed E-state index contributed by atoms with van der Waals surface area (Å²) in [6.07, 6.45) is 33.7. The first-order valence-electron chi connectivity index (χ1n) is 33.2. The molecule has 0 aliphatic rings. The number of phosphoric ester groups is 2. The van der Waals surface area contributed by atoms with Gasteiger partial charge in [-0.05, 0) is 49.4 Å². The van der Waals surface area contributed by atoms with Crippen molar-refractivity contribution in [3.8, 4) is 0 Å². The summed E-state index contributed by atoms with van der Waals surface area (Å²) in [5.74, 6) is 0.733. The van der Waals surface area contributed by atoms with Crippen LogP contribution < -0.4 is 0 Å². The van der Waals surface area contributed by atoms with Gasteiger partial charge in [0.05, 0.1) is 26.4 Å². The molecule has 0 radical (unpaired) electrons. The van der Waals surface area contributed by atoms with Crippen LogP contribution in [0.1, 0.15) is 306 Å². The zero-order valence-electron chi connectivity index (χ0n) is 53.8. The molecule has 0 aromatic carbocycles. The minimum atomic E-state index is -4.95. The second kappa shape index (κ2) is 54.2. The number of aliphatic hydroxyl groups is 1. The number of ether oxygens (including phenoxy) is 4. The van der Waals surface area contributed by atoms with E-state index in [4.69, 9.17) is 37.0 Å². The Kier molecular flexibility index (Phi) is 53.0. The fourth-order valence-electron chi connectivity index (χ4n) is 9.40.